The first-order valence-electron chi connectivity index (χ1n) is 6.42. The smallest absolute Gasteiger partial charge is 0.326 e. The molecule has 1 amide bonds. The molecule has 0 saturated heterocycles. The van der Waals surface area contributed by atoms with E-state index in [9.17, 15) is 9.59 Å². The predicted octanol–water partition coefficient (Wildman–Crippen LogP) is 2.12. The maximum Gasteiger partial charge on any atom is 0.326 e. The minimum absolute atomic E-state index is 0.0699. The number of aromatic nitrogens is 1. The van der Waals surface area contributed by atoms with Crippen LogP contribution in [0.4, 0.5) is 0 Å². The number of aryl methyl sites for hydroxylation is 1. The van der Waals surface area contributed by atoms with Crippen molar-refractivity contribution in [3.63, 3.8) is 0 Å². The Labute approximate surface area is 115 Å². The standard InChI is InChI=1S/C14H16N2O4/c1-3-4-9(14(18)19)16-13(17)12-7-10-11(20-12)6-5-8(2)15-10/h5-7,9H,3-4H2,1-2H3,(H,16,17)(H,18,19). The van der Waals surface area contributed by atoms with Gasteiger partial charge in [-0.15, -0.1) is 0 Å². The van der Waals surface area contributed by atoms with E-state index in [1.54, 1.807) is 12.1 Å². The van der Waals surface area contributed by atoms with Gasteiger partial charge in [0.2, 0.25) is 0 Å². The summed E-state index contributed by atoms with van der Waals surface area (Å²) in [4.78, 5) is 27.2. The van der Waals surface area contributed by atoms with E-state index in [4.69, 9.17) is 9.52 Å². The molecule has 0 saturated carbocycles. The van der Waals surface area contributed by atoms with E-state index in [1.165, 1.54) is 6.07 Å². The molecule has 2 heterocycles. The lowest BCUT2D eigenvalue weighted by Gasteiger charge is -2.11. The van der Waals surface area contributed by atoms with Gasteiger partial charge in [0.1, 0.15) is 11.6 Å². The topological polar surface area (TPSA) is 92.4 Å². The molecule has 0 fully saturated rings. The Balaban J connectivity index is 2.20. The molecular formula is C14H16N2O4. The van der Waals surface area contributed by atoms with Crippen LogP contribution >= 0.6 is 0 Å². The van der Waals surface area contributed by atoms with Crippen LogP contribution in [0.15, 0.2) is 22.6 Å². The van der Waals surface area contributed by atoms with Gasteiger partial charge in [-0.1, -0.05) is 13.3 Å². The summed E-state index contributed by atoms with van der Waals surface area (Å²) in [5.74, 6) is -1.52. The summed E-state index contributed by atoms with van der Waals surface area (Å²) in [6.45, 7) is 3.70. The van der Waals surface area contributed by atoms with E-state index >= 15 is 0 Å². The summed E-state index contributed by atoms with van der Waals surface area (Å²) >= 11 is 0. The summed E-state index contributed by atoms with van der Waals surface area (Å²) in [6, 6.07) is 4.12. The molecule has 2 rings (SSSR count). The van der Waals surface area contributed by atoms with Crippen molar-refractivity contribution in [3.05, 3.63) is 29.7 Å². The van der Waals surface area contributed by atoms with Crippen molar-refractivity contribution in [3.8, 4) is 0 Å². The molecule has 0 aliphatic carbocycles. The summed E-state index contributed by atoms with van der Waals surface area (Å²) < 4.78 is 5.38. The number of carboxylic acid groups (broad SMARTS) is 1. The van der Waals surface area contributed by atoms with Crippen LogP contribution in [-0.2, 0) is 4.79 Å². The first kappa shape index (κ1) is 14.0. The molecule has 0 radical (unpaired) electrons. The average Bonchev–Trinajstić information content (AvgIpc) is 2.80. The molecule has 0 aromatic carbocycles. The van der Waals surface area contributed by atoms with E-state index in [0.717, 1.165) is 5.69 Å². The minimum atomic E-state index is -1.05. The molecule has 0 spiro atoms. The lowest BCUT2D eigenvalue weighted by Crippen LogP contribution is -2.40. The quantitative estimate of drug-likeness (QED) is 0.872. The normalized spacial score (nSPS) is 12.3. The number of nitrogens with one attached hydrogen (secondary N) is 1. The van der Waals surface area contributed by atoms with Crippen LogP contribution in [0.2, 0.25) is 0 Å². The second-order valence-corrected chi connectivity index (χ2v) is 4.60. The van der Waals surface area contributed by atoms with E-state index in [1.807, 2.05) is 13.8 Å². The zero-order valence-corrected chi connectivity index (χ0v) is 11.3. The molecule has 2 aromatic rings. The zero-order valence-electron chi connectivity index (χ0n) is 11.3. The Morgan fingerprint density at radius 1 is 1.45 bits per heavy atom. The van der Waals surface area contributed by atoms with E-state index < -0.39 is 17.9 Å². The van der Waals surface area contributed by atoms with Crippen molar-refractivity contribution in [2.75, 3.05) is 0 Å². The number of hydrogen-bond donors (Lipinski definition) is 2. The lowest BCUT2D eigenvalue weighted by molar-refractivity contribution is -0.139. The number of carboxylic acids is 1. The van der Waals surface area contributed by atoms with Crippen LogP contribution < -0.4 is 5.32 Å². The van der Waals surface area contributed by atoms with Crippen LogP contribution in [0.1, 0.15) is 36.0 Å². The molecule has 1 unspecified atom stereocenters. The van der Waals surface area contributed by atoms with Gasteiger partial charge in [-0.2, -0.15) is 0 Å². The zero-order chi connectivity index (χ0) is 14.7. The lowest BCUT2D eigenvalue weighted by atomic mass is 10.1. The van der Waals surface area contributed by atoms with E-state index in [0.29, 0.717) is 23.9 Å². The van der Waals surface area contributed by atoms with Gasteiger partial charge in [0.15, 0.2) is 11.3 Å². The fraction of sp³-hybridized carbons (Fsp3) is 0.357. The molecule has 6 nitrogen and oxygen atoms in total. The first-order valence-corrected chi connectivity index (χ1v) is 6.42. The van der Waals surface area contributed by atoms with Crippen molar-refractivity contribution >= 4 is 23.0 Å². The van der Waals surface area contributed by atoms with Crippen molar-refractivity contribution in [1.82, 2.24) is 10.3 Å². The Hall–Kier alpha value is -2.37. The van der Waals surface area contributed by atoms with Crippen LogP contribution in [-0.4, -0.2) is 28.0 Å². The van der Waals surface area contributed by atoms with Crippen LogP contribution in [0, 0.1) is 6.92 Å². The number of nitrogens with zero attached hydrogens (tertiary/aromatic N) is 1. The summed E-state index contributed by atoms with van der Waals surface area (Å²) in [7, 11) is 0. The average molecular weight is 276 g/mol. The Bertz CT molecular complexity index is 648. The van der Waals surface area contributed by atoms with Crippen molar-refractivity contribution in [1.29, 1.82) is 0 Å². The first-order chi connectivity index (χ1) is 9.51. The highest BCUT2D eigenvalue weighted by Crippen LogP contribution is 2.18. The fourth-order valence-electron chi connectivity index (χ4n) is 1.91. The number of furan rings is 1. The van der Waals surface area contributed by atoms with Crippen molar-refractivity contribution in [2.24, 2.45) is 0 Å². The number of rotatable bonds is 5. The third kappa shape index (κ3) is 2.96. The summed E-state index contributed by atoms with van der Waals surface area (Å²) in [5, 5.41) is 11.5. The monoisotopic (exact) mass is 276 g/mol. The SMILES string of the molecule is CCCC(NC(=O)c1cc2nc(C)ccc2o1)C(=O)O. The van der Waals surface area contributed by atoms with Crippen LogP contribution in [0.3, 0.4) is 0 Å². The van der Waals surface area contributed by atoms with Gasteiger partial charge >= 0.3 is 5.97 Å². The number of carbonyl (C=O) groups is 2. The molecule has 2 aromatic heterocycles. The van der Waals surface area contributed by atoms with Gasteiger partial charge in [-0.05, 0) is 25.5 Å². The molecule has 0 aliphatic heterocycles. The van der Waals surface area contributed by atoms with Gasteiger partial charge in [-0.3, -0.25) is 4.79 Å². The van der Waals surface area contributed by atoms with E-state index in [2.05, 4.69) is 10.3 Å². The number of fused-ring (bicyclic) bond motifs is 1. The van der Waals surface area contributed by atoms with Gasteiger partial charge in [0.25, 0.3) is 5.91 Å². The minimum Gasteiger partial charge on any atom is -0.480 e. The highest BCUT2D eigenvalue weighted by atomic mass is 16.4. The van der Waals surface area contributed by atoms with Gasteiger partial charge in [0, 0.05) is 11.8 Å². The molecule has 106 valence electrons. The molecule has 0 aliphatic rings. The highest BCUT2D eigenvalue weighted by Gasteiger charge is 2.21. The molecule has 1 atom stereocenters. The maximum absolute atomic E-state index is 12.0. The van der Waals surface area contributed by atoms with Crippen LogP contribution in [0.25, 0.3) is 11.1 Å². The Morgan fingerprint density at radius 2 is 2.20 bits per heavy atom. The van der Waals surface area contributed by atoms with E-state index in [-0.39, 0.29) is 5.76 Å². The number of carbonyl (C=O) groups excluding carboxylic acids is 1. The van der Waals surface area contributed by atoms with Crippen molar-refractivity contribution in [2.45, 2.75) is 32.7 Å². The summed E-state index contributed by atoms with van der Waals surface area (Å²) in [6.07, 6.45) is 1.04. The molecule has 0 bridgehead atoms. The molecular weight excluding hydrogens is 260 g/mol. The largest absolute Gasteiger partial charge is 0.480 e. The maximum atomic E-state index is 12.0. The van der Waals surface area contributed by atoms with Gasteiger partial charge in [-0.25, -0.2) is 9.78 Å². The number of amides is 1. The number of pyridine rings is 1. The number of hydrogen-bond acceptors (Lipinski definition) is 4. The highest BCUT2D eigenvalue weighted by molar-refractivity contribution is 5.97. The Kier molecular flexibility index (Phi) is 4.02. The van der Waals surface area contributed by atoms with Crippen LogP contribution in [0.5, 0.6) is 0 Å². The second kappa shape index (κ2) is 5.73. The second-order valence-electron chi connectivity index (χ2n) is 4.60. The molecule has 2 N–H and O–H groups in total. The van der Waals surface area contributed by atoms with Gasteiger partial charge < -0.3 is 14.8 Å². The fourth-order valence-corrected chi connectivity index (χ4v) is 1.91. The molecule has 20 heavy (non-hydrogen) atoms. The van der Waals surface area contributed by atoms with Gasteiger partial charge in [0.05, 0.1) is 0 Å². The van der Waals surface area contributed by atoms with Crippen molar-refractivity contribution < 1.29 is 19.1 Å². The number of aliphatic carboxylic acids is 1. The third-order valence-electron chi connectivity index (χ3n) is 2.92. The predicted molar refractivity (Wildman–Crippen MR) is 72.5 cm³/mol. The Morgan fingerprint density at radius 3 is 2.85 bits per heavy atom. The summed E-state index contributed by atoms with van der Waals surface area (Å²) in [5.41, 5.74) is 1.90. The third-order valence-corrected chi connectivity index (χ3v) is 2.92. The molecule has 6 heteroatoms.